The van der Waals surface area contributed by atoms with E-state index in [0.29, 0.717) is 10.0 Å². The fourth-order valence-corrected chi connectivity index (χ4v) is 2.57. The molecule has 3 N–H and O–H groups in total. The van der Waals surface area contributed by atoms with Crippen molar-refractivity contribution in [3.8, 4) is 0 Å². The van der Waals surface area contributed by atoms with Crippen molar-refractivity contribution in [1.82, 2.24) is 5.32 Å². The highest BCUT2D eigenvalue weighted by atomic mass is 79.9. The normalized spacial score (nSPS) is 23.7. The smallest absolute Gasteiger partial charge is 0.251 e. The van der Waals surface area contributed by atoms with Gasteiger partial charge in [-0.2, -0.15) is 0 Å². The number of hydrogen-bond acceptors (Lipinski definition) is 2. The van der Waals surface area contributed by atoms with Crippen LogP contribution < -0.4 is 11.1 Å². The van der Waals surface area contributed by atoms with Crippen LogP contribution in [0, 0.1) is 5.82 Å². The van der Waals surface area contributed by atoms with E-state index in [1.54, 1.807) is 6.07 Å². The van der Waals surface area contributed by atoms with Gasteiger partial charge >= 0.3 is 0 Å². The third-order valence-corrected chi connectivity index (χ3v) is 3.47. The van der Waals surface area contributed by atoms with Gasteiger partial charge in [0.2, 0.25) is 0 Å². The lowest BCUT2D eigenvalue weighted by molar-refractivity contribution is 0.0934. The molecule has 17 heavy (non-hydrogen) atoms. The molecular weight excluding hydrogens is 287 g/mol. The van der Waals surface area contributed by atoms with Crippen LogP contribution in [0.3, 0.4) is 0 Å². The molecule has 0 bridgehead atoms. The fourth-order valence-electron chi connectivity index (χ4n) is 2.10. The molecular formula is C12H14BrFN2O. The molecule has 2 unspecified atom stereocenters. The van der Waals surface area contributed by atoms with E-state index >= 15 is 0 Å². The number of rotatable bonds is 2. The summed E-state index contributed by atoms with van der Waals surface area (Å²) in [6, 6.07) is 4.15. The van der Waals surface area contributed by atoms with E-state index in [0.717, 1.165) is 19.3 Å². The minimum atomic E-state index is -0.430. The van der Waals surface area contributed by atoms with Crippen LogP contribution in [0.4, 0.5) is 4.39 Å². The van der Waals surface area contributed by atoms with Crippen LogP contribution in [-0.2, 0) is 0 Å². The Morgan fingerprint density at radius 2 is 2.18 bits per heavy atom. The highest BCUT2D eigenvalue weighted by Gasteiger charge is 2.25. The largest absolute Gasteiger partial charge is 0.348 e. The van der Waals surface area contributed by atoms with E-state index in [1.807, 2.05) is 0 Å². The summed E-state index contributed by atoms with van der Waals surface area (Å²) in [5.41, 5.74) is 6.18. The van der Waals surface area contributed by atoms with Gasteiger partial charge in [-0.15, -0.1) is 0 Å². The summed E-state index contributed by atoms with van der Waals surface area (Å²) in [6.45, 7) is 0. The van der Waals surface area contributed by atoms with Gasteiger partial charge < -0.3 is 11.1 Å². The highest BCUT2D eigenvalue weighted by molar-refractivity contribution is 9.10. The van der Waals surface area contributed by atoms with Crippen molar-refractivity contribution in [2.45, 2.75) is 31.3 Å². The van der Waals surface area contributed by atoms with E-state index in [1.165, 1.54) is 12.1 Å². The minimum Gasteiger partial charge on any atom is -0.348 e. The van der Waals surface area contributed by atoms with Crippen LogP contribution in [0.2, 0.25) is 0 Å². The van der Waals surface area contributed by atoms with Crippen molar-refractivity contribution in [1.29, 1.82) is 0 Å². The van der Waals surface area contributed by atoms with Gasteiger partial charge in [-0.3, -0.25) is 4.79 Å². The molecule has 1 fully saturated rings. The average molecular weight is 301 g/mol. The van der Waals surface area contributed by atoms with Crippen LogP contribution in [0.25, 0.3) is 0 Å². The molecule has 1 aliphatic rings. The van der Waals surface area contributed by atoms with Gasteiger partial charge in [-0.05, 0) is 37.5 Å². The number of carbonyl (C=O) groups is 1. The number of halogens is 2. The van der Waals surface area contributed by atoms with Gasteiger partial charge in [0.25, 0.3) is 5.91 Å². The minimum absolute atomic E-state index is 0.00421. The van der Waals surface area contributed by atoms with Crippen molar-refractivity contribution < 1.29 is 9.18 Å². The van der Waals surface area contributed by atoms with Crippen molar-refractivity contribution >= 4 is 21.8 Å². The van der Waals surface area contributed by atoms with Crippen LogP contribution in [0.1, 0.15) is 29.6 Å². The summed E-state index contributed by atoms with van der Waals surface area (Å²) >= 11 is 3.16. The van der Waals surface area contributed by atoms with E-state index in [2.05, 4.69) is 21.2 Å². The van der Waals surface area contributed by atoms with Gasteiger partial charge in [0.1, 0.15) is 5.82 Å². The zero-order valence-electron chi connectivity index (χ0n) is 9.25. The third kappa shape index (κ3) is 3.04. The zero-order valence-corrected chi connectivity index (χ0v) is 10.8. The molecule has 1 saturated carbocycles. The van der Waals surface area contributed by atoms with Crippen molar-refractivity contribution in [3.63, 3.8) is 0 Å². The van der Waals surface area contributed by atoms with Crippen LogP contribution in [-0.4, -0.2) is 18.0 Å². The summed E-state index contributed by atoms with van der Waals surface area (Å²) in [5, 5.41) is 2.85. The predicted molar refractivity (Wildman–Crippen MR) is 67.2 cm³/mol. The molecule has 0 radical (unpaired) electrons. The topological polar surface area (TPSA) is 55.1 Å². The molecule has 1 aliphatic carbocycles. The number of nitrogens with one attached hydrogen (secondary N) is 1. The lowest BCUT2D eigenvalue weighted by Gasteiger charge is -2.17. The Morgan fingerprint density at radius 1 is 1.41 bits per heavy atom. The van der Waals surface area contributed by atoms with Gasteiger partial charge in [0.05, 0.1) is 0 Å². The molecule has 1 amide bonds. The second kappa shape index (κ2) is 5.14. The van der Waals surface area contributed by atoms with Crippen molar-refractivity contribution in [3.05, 3.63) is 34.1 Å². The van der Waals surface area contributed by atoms with Gasteiger partial charge in [-0.25, -0.2) is 4.39 Å². The first-order valence-corrected chi connectivity index (χ1v) is 6.38. The first-order valence-electron chi connectivity index (χ1n) is 5.59. The summed E-state index contributed by atoms with van der Waals surface area (Å²) in [6.07, 6.45) is 2.85. The highest BCUT2D eigenvalue weighted by Crippen LogP contribution is 2.19. The Hall–Kier alpha value is -0.940. The average Bonchev–Trinajstić information content (AvgIpc) is 2.63. The number of hydrogen-bond donors (Lipinski definition) is 2. The van der Waals surface area contributed by atoms with Gasteiger partial charge in [0, 0.05) is 22.1 Å². The number of amides is 1. The van der Waals surface area contributed by atoms with E-state index < -0.39 is 5.82 Å². The molecule has 3 nitrogen and oxygen atoms in total. The van der Waals surface area contributed by atoms with Crippen LogP contribution in [0.5, 0.6) is 0 Å². The molecule has 2 atom stereocenters. The molecule has 0 spiro atoms. The lowest BCUT2D eigenvalue weighted by atomic mass is 10.1. The van der Waals surface area contributed by atoms with Gasteiger partial charge in [0.15, 0.2) is 0 Å². The molecule has 1 aromatic carbocycles. The number of carbonyl (C=O) groups excluding carboxylic acids is 1. The summed E-state index contributed by atoms with van der Waals surface area (Å²) in [7, 11) is 0. The summed E-state index contributed by atoms with van der Waals surface area (Å²) in [4.78, 5) is 11.9. The summed E-state index contributed by atoms with van der Waals surface area (Å²) in [5.74, 6) is -0.701. The lowest BCUT2D eigenvalue weighted by Crippen LogP contribution is -2.43. The number of nitrogens with two attached hydrogens (primary N) is 1. The summed E-state index contributed by atoms with van der Waals surface area (Å²) < 4.78 is 13.7. The monoisotopic (exact) mass is 300 g/mol. The van der Waals surface area contributed by atoms with Gasteiger partial charge in [-0.1, -0.05) is 15.9 Å². The third-order valence-electron chi connectivity index (χ3n) is 3.01. The van der Waals surface area contributed by atoms with Crippen molar-refractivity contribution in [2.75, 3.05) is 0 Å². The van der Waals surface area contributed by atoms with Crippen LogP contribution in [0.15, 0.2) is 22.7 Å². The second-order valence-electron chi connectivity index (χ2n) is 4.33. The van der Waals surface area contributed by atoms with Crippen LogP contribution >= 0.6 is 15.9 Å². The molecule has 5 heteroatoms. The quantitative estimate of drug-likeness (QED) is 0.880. The molecule has 0 aromatic heterocycles. The molecule has 2 rings (SSSR count). The number of benzene rings is 1. The Kier molecular flexibility index (Phi) is 3.79. The maximum absolute atomic E-state index is 13.1. The molecule has 0 saturated heterocycles. The van der Waals surface area contributed by atoms with E-state index in [4.69, 9.17) is 5.73 Å². The Balaban J connectivity index is 2.09. The maximum atomic E-state index is 13.1. The second-order valence-corrected chi connectivity index (χ2v) is 5.25. The standard InChI is InChI=1S/C12H14BrFN2O/c13-8-4-7(5-9(14)6-8)12(17)16-11-3-1-2-10(11)15/h4-6,10-11H,1-3,15H2,(H,16,17). The Labute approximate surface area is 108 Å². The molecule has 0 heterocycles. The van der Waals surface area contributed by atoms with Crippen molar-refractivity contribution in [2.24, 2.45) is 5.73 Å². The maximum Gasteiger partial charge on any atom is 0.251 e. The van der Waals surface area contributed by atoms with E-state index in [9.17, 15) is 9.18 Å². The fraction of sp³-hybridized carbons (Fsp3) is 0.417. The molecule has 0 aliphatic heterocycles. The first-order chi connectivity index (χ1) is 8.06. The Morgan fingerprint density at radius 3 is 2.76 bits per heavy atom. The SMILES string of the molecule is NC1CCCC1NC(=O)c1cc(F)cc(Br)c1. The first kappa shape index (κ1) is 12.5. The zero-order chi connectivity index (χ0) is 12.4. The Bertz CT molecular complexity index is 418. The molecule has 92 valence electrons. The van der Waals surface area contributed by atoms with E-state index in [-0.39, 0.29) is 18.0 Å². The predicted octanol–water partition coefficient (Wildman–Crippen LogP) is 2.20. The molecule has 1 aromatic rings.